The van der Waals surface area contributed by atoms with E-state index < -0.39 is 17.7 Å². The van der Waals surface area contributed by atoms with Gasteiger partial charge in [-0.3, -0.25) is 9.59 Å². The number of carbonyl (C=O) groups excluding carboxylic acids is 2. The summed E-state index contributed by atoms with van der Waals surface area (Å²) >= 11 is 0. The van der Waals surface area contributed by atoms with Crippen LogP contribution >= 0.6 is 0 Å². The molecule has 0 aromatic heterocycles. The van der Waals surface area contributed by atoms with Gasteiger partial charge < -0.3 is 14.3 Å². The van der Waals surface area contributed by atoms with Gasteiger partial charge in [-0.2, -0.15) is 0 Å². The Morgan fingerprint density at radius 3 is 2.65 bits per heavy atom. The first-order valence-electron chi connectivity index (χ1n) is 8.29. The molecule has 1 aliphatic rings. The van der Waals surface area contributed by atoms with Crippen LogP contribution in [0.4, 0.5) is 8.78 Å². The van der Waals surface area contributed by atoms with Crippen molar-refractivity contribution in [3.05, 3.63) is 29.3 Å². The molecule has 0 aliphatic carbocycles. The van der Waals surface area contributed by atoms with Gasteiger partial charge >= 0.3 is 5.97 Å². The van der Waals surface area contributed by atoms with Crippen molar-refractivity contribution < 1.29 is 32.7 Å². The number of ether oxygens (including phenoxy) is 2. The van der Waals surface area contributed by atoms with Crippen LogP contribution in [0, 0.1) is 11.6 Å². The predicted molar refractivity (Wildman–Crippen MR) is 89.0 cm³/mol. The number of ketones is 1. The van der Waals surface area contributed by atoms with E-state index in [0.717, 1.165) is 12.1 Å². The molecule has 8 heteroatoms. The van der Waals surface area contributed by atoms with Gasteiger partial charge in [0.05, 0.1) is 25.5 Å². The molecule has 0 fully saturated rings. The number of rotatable bonds is 9. The van der Waals surface area contributed by atoms with Crippen molar-refractivity contribution in [2.45, 2.75) is 44.6 Å². The van der Waals surface area contributed by atoms with Crippen LogP contribution in [0.1, 0.15) is 44.1 Å². The minimum atomic E-state index is -0.793. The number of nitrogens with zero attached hydrogens (tertiary/aromatic N) is 1. The Kier molecular flexibility index (Phi) is 7.06. The lowest BCUT2D eigenvalue weighted by Crippen LogP contribution is -2.15. The van der Waals surface area contributed by atoms with E-state index in [2.05, 4.69) is 9.89 Å². The molecule has 1 aromatic rings. The van der Waals surface area contributed by atoms with Crippen LogP contribution in [0.3, 0.4) is 0 Å². The lowest BCUT2D eigenvalue weighted by Gasteiger charge is -2.09. The quantitative estimate of drug-likeness (QED) is 0.494. The van der Waals surface area contributed by atoms with E-state index in [1.54, 1.807) is 0 Å². The average molecular weight is 369 g/mol. The van der Waals surface area contributed by atoms with Crippen LogP contribution in [-0.2, 0) is 19.2 Å². The third-order valence-corrected chi connectivity index (χ3v) is 4.03. The molecule has 1 aromatic carbocycles. The Balaban J connectivity index is 1.85. The van der Waals surface area contributed by atoms with Crippen LogP contribution in [0.5, 0.6) is 5.75 Å². The van der Waals surface area contributed by atoms with Crippen molar-refractivity contribution >= 4 is 17.5 Å². The summed E-state index contributed by atoms with van der Waals surface area (Å²) in [7, 11) is 2.63. The molecule has 0 saturated heterocycles. The van der Waals surface area contributed by atoms with Crippen LogP contribution in [0.15, 0.2) is 17.3 Å². The highest BCUT2D eigenvalue weighted by atomic mass is 19.1. The van der Waals surface area contributed by atoms with Crippen LogP contribution < -0.4 is 4.74 Å². The number of oxime groups is 1. The lowest BCUT2D eigenvalue weighted by molar-refractivity contribution is -0.140. The minimum absolute atomic E-state index is 0.0251. The minimum Gasteiger partial charge on any atom is -0.496 e. The molecular formula is C18H21F2NO5. The van der Waals surface area contributed by atoms with E-state index in [4.69, 9.17) is 9.57 Å². The molecule has 0 radical (unpaired) electrons. The van der Waals surface area contributed by atoms with E-state index in [1.165, 1.54) is 14.2 Å². The smallest absolute Gasteiger partial charge is 0.305 e. The Morgan fingerprint density at radius 1 is 1.23 bits per heavy atom. The second-order valence-electron chi connectivity index (χ2n) is 5.96. The molecule has 0 amide bonds. The molecule has 0 N–H and O–H groups in total. The normalized spacial score (nSPS) is 16.0. The molecule has 1 atom stereocenters. The average Bonchev–Trinajstić information content (AvgIpc) is 3.05. The topological polar surface area (TPSA) is 74.2 Å². The first kappa shape index (κ1) is 19.8. The van der Waals surface area contributed by atoms with Gasteiger partial charge in [0.25, 0.3) is 0 Å². The van der Waals surface area contributed by atoms with Crippen molar-refractivity contribution in [1.29, 1.82) is 0 Å². The first-order valence-corrected chi connectivity index (χ1v) is 8.29. The van der Waals surface area contributed by atoms with Gasteiger partial charge in [-0.05, 0) is 12.8 Å². The van der Waals surface area contributed by atoms with Gasteiger partial charge in [-0.1, -0.05) is 5.16 Å². The van der Waals surface area contributed by atoms with Gasteiger partial charge in [0, 0.05) is 37.8 Å². The third kappa shape index (κ3) is 5.24. The third-order valence-electron chi connectivity index (χ3n) is 4.03. The van der Waals surface area contributed by atoms with Crippen molar-refractivity contribution in [2.75, 3.05) is 14.2 Å². The number of hydrogen-bond acceptors (Lipinski definition) is 6. The SMILES string of the molecule is COC(=O)CCCCC(=O)CC1CC(c2c(F)cc(F)cc2OC)=NO1. The summed E-state index contributed by atoms with van der Waals surface area (Å²) in [6, 6.07) is 1.82. The molecular weight excluding hydrogens is 348 g/mol. The van der Waals surface area contributed by atoms with E-state index in [-0.39, 0.29) is 48.0 Å². The zero-order valence-corrected chi connectivity index (χ0v) is 14.7. The van der Waals surface area contributed by atoms with Crippen LogP contribution in [0.25, 0.3) is 0 Å². The van der Waals surface area contributed by atoms with E-state index in [0.29, 0.717) is 19.3 Å². The van der Waals surface area contributed by atoms with Crippen molar-refractivity contribution in [2.24, 2.45) is 5.16 Å². The number of hydrogen-bond donors (Lipinski definition) is 0. The van der Waals surface area contributed by atoms with Crippen LogP contribution in [-0.4, -0.2) is 37.8 Å². The number of carbonyl (C=O) groups is 2. The Morgan fingerprint density at radius 2 is 1.96 bits per heavy atom. The number of Topliss-reactive ketones (excluding diaryl/α,β-unsaturated/α-hetero) is 1. The summed E-state index contributed by atoms with van der Waals surface area (Å²) in [5.41, 5.74) is 0.324. The fourth-order valence-electron chi connectivity index (χ4n) is 2.73. The summed E-state index contributed by atoms with van der Waals surface area (Å²) < 4.78 is 36.9. The number of benzene rings is 1. The number of halogens is 2. The summed E-state index contributed by atoms with van der Waals surface area (Å²) in [6.45, 7) is 0. The molecule has 6 nitrogen and oxygen atoms in total. The predicted octanol–water partition coefficient (Wildman–Crippen LogP) is 3.16. The summed E-state index contributed by atoms with van der Waals surface area (Å²) in [6.07, 6.45) is 1.62. The maximum atomic E-state index is 14.1. The van der Waals surface area contributed by atoms with E-state index >= 15 is 0 Å². The van der Waals surface area contributed by atoms with Gasteiger partial charge in [0.1, 0.15) is 29.3 Å². The summed E-state index contributed by atoms with van der Waals surface area (Å²) in [5, 5.41) is 3.83. The van der Waals surface area contributed by atoms with Gasteiger partial charge in [-0.25, -0.2) is 8.78 Å². The van der Waals surface area contributed by atoms with Gasteiger partial charge in [0.15, 0.2) is 0 Å². The van der Waals surface area contributed by atoms with Crippen LogP contribution in [0.2, 0.25) is 0 Å². The highest BCUT2D eigenvalue weighted by Crippen LogP contribution is 2.29. The second-order valence-corrected chi connectivity index (χ2v) is 5.96. The monoisotopic (exact) mass is 369 g/mol. The fourth-order valence-corrected chi connectivity index (χ4v) is 2.73. The molecule has 1 heterocycles. The standard InChI is InChI=1S/C18H21F2NO5/c1-24-16-8-11(19)7-14(20)18(16)15-10-13(26-21-15)9-12(22)5-3-4-6-17(23)25-2/h7-8,13H,3-6,9-10H2,1-2H3. The van der Waals surface area contributed by atoms with Crippen molar-refractivity contribution in [3.8, 4) is 5.75 Å². The zero-order valence-electron chi connectivity index (χ0n) is 14.7. The van der Waals surface area contributed by atoms with Gasteiger partial charge in [0.2, 0.25) is 0 Å². The Hall–Kier alpha value is -2.51. The second kappa shape index (κ2) is 9.26. The lowest BCUT2D eigenvalue weighted by atomic mass is 9.99. The molecule has 26 heavy (non-hydrogen) atoms. The maximum Gasteiger partial charge on any atom is 0.305 e. The number of methoxy groups -OCH3 is 2. The molecule has 1 unspecified atom stereocenters. The first-order chi connectivity index (χ1) is 12.4. The maximum absolute atomic E-state index is 14.1. The van der Waals surface area contributed by atoms with Gasteiger partial charge in [-0.15, -0.1) is 0 Å². The number of esters is 1. The highest BCUT2D eigenvalue weighted by molar-refractivity contribution is 6.04. The summed E-state index contributed by atoms with van der Waals surface area (Å²) in [4.78, 5) is 28.2. The van der Waals surface area contributed by atoms with E-state index in [9.17, 15) is 18.4 Å². The summed E-state index contributed by atoms with van der Waals surface area (Å²) in [5.74, 6) is -1.84. The van der Waals surface area contributed by atoms with Crippen molar-refractivity contribution in [3.63, 3.8) is 0 Å². The highest BCUT2D eigenvalue weighted by Gasteiger charge is 2.28. The molecule has 142 valence electrons. The zero-order chi connectivity index (χ0) is 19.1. The Labute approximate surface area is 150 Å². The van der Waals surface area contributed by atoms with E-state index in [1.807, 2.05) is 0 Å². The molecule has 0 saturated carbocycles. The molecule has 0 spiro atoms. The molecule has 2 rings (SSSR count). The fraction of sp³-hybridized carbons (Fsp3) is 0.500. The molecule has 0 bridgehead atoms. The number of unbranched alkanes of at least 4 members (excludes halogenated alkanes) is 1. The largest absolute Gasteiger partial charge is 0.496 e. The molecule has 1 aliphatic heterocycles. The Bertz CT molecular complexity index is 705. The van der Waals surface area contributed by atoms with Crippen molar-refractivity contribution in [1.82, 2.24) is 0 Å².